The highest BCUT2D eigenvalue weighted by Crippen LogP contribution is 2.26. The van der Waals surface area contributed by atoms with Crippen LogP contribution < -0.4 is 5.32 Å². The van der Waals surface area contributed by atoms with Gasteiger partial charge in [0.1, 0.15) is 0 Å². The molecule has 0 bridgehead atoms. The summed E-state index contributed by atoms with van der Waals surface area (Å²) in [5.74, 6) is 0.633. The van der Waals surface area contributed by atoms with Crippen LogP contribution in [0.1, 0.15) is 19.8 Å². The summed E-state index contributed by atoms with van der Waals surface area (Å²) in [5, 5.41) is 11.2. The number of carbonyl (C=O) groups excluding carboxylic acids is 1. The molecule has 0 radical (unpaired) electrons. The fourth-order valence-electron chi connectivity index (χ4n) is 2.10. The third-order valence-electron chi connectivity index (χ3n) is 3.20. The Labute approximate surface area is 132 Å². The topological polar surface area (TPSA) is 92.3 Å². The predicted octanol–water partition coefficient (Wildman–Crippen LogP) is 1.26. The Morgan fingerprint density at radius 3 is 2.67 bits per heavy atom. The fourth-order valence-corrected chi connectivity index (χ4v) is 4.63. The summed E-state index contributed by atoms with van der Waals surface area (Å²) < 4.78 is 25.1. The molecule has 2 heterocycles. The van der Waals surface area contributed by atoms with Gasteiger partial charge < -0.3 is 5.32 Å². The molecule has 1 aromatic heterocycles. The van der Waals surface area contributed by atoms with E-state index in [1.54, 1.807) is 11.8 Å². The molecule has 10 heteroatoms. The SMILES string of the molecule is CCSc1nnc(NC(=O)C2CCN(S(C)(=O)=O)CC2)s1. The van der Waals surface area contributed by atoms with Gasteiger partial charge >= 0.3 is 0 Å². The van der Waals surface area contributed by atoms with Crippen LogP contribution in [-0.2, 0) is 14.8 Å². The quantitative estimate of drug-likeness (QED) is 0.635. The van der Waals surface area contributed by atoms with Gasteiger partial charge in [-0.25, -0.2) is 12.7 Å². The number of nitrogens with one attached hydrogen (secondary N) is 1. The van der Waals surface area contributed by atoms with Gasteiger partial charge in [-0.15, -0.1) is 10.2 Å². The number of anilines is 1. The summed E-state index contributed by atoms with van der Waals surface area (Å²) in [6.45, 7) is 2.81. The number of nitrogens with zero attached hydrogens (tertiary/aromatic N) is 3. The molecule has 0 unspecified atom stereocenters. The van der Waals surface area contributed by atoms with Crippen LogP contribution in [0, 0.1) is 5.92 Å². The van der Waals surface area contributed by atoms with Gasteiger partial charge in [0.15, 0.2) is 4.34 Å². The van der Waals surface area contributed by atoms with Gasteiger partial charge in [-0.2, -0.15) is 0 Å². The number of rotatable bonds is 5. The Bertz CT molecular complexity index is 594. The zero-order valence-corrected chi connectivity index (χ0v) is 14.4. The second-order valence-corrected chi connectivity index (χ2v) is 9.20. The zero-order valence-electron chi connectivity index (χ0n) is 11.9. The first-order chi connectivity index (χ1) is 9.90. The molecule has 7 nitrogen and oxygen atoms in total. The van der Waals surface area contributed by atoms with E-state index in [4.69, 9.17) is 0 Å². The number of carbonyl (C=O) groups is 1. The standard InChI is InChI=1S/C11H18N4O3S3/c1-3-19-11-14-13-10(20-11)12-9(16)8-4-6-15(7-5-8)21(2,17)18/h8H,3-7H2,1-2H3,(H,12,13,16). The van der Waals surface area contributed by atoms with Gasteiger partial charge in [0.25, 0.3) is 0 Å². The van der Waals surface area contributed by atoms with Gasteiger partial charge in [0.2, 0.25) is 21.1 Å². The monoisotopic (exact) mass is 350 g/mol. The number of piperidine rings is 1. The molecular weight excluding hydrogens is 332 g/mol. The van der Waals surface area contributed by atoms with Crippen LogP contribution >= 0.6 is 23.1 Å². The predicted molar refractivity (Wildman–Crippen MR) is 84.1 cm³/mol. The summed E-state index contributed by atoms with van der Waals surface area (Å²) in [7, 11) is -3.16. The lowest BCUT2D eigenvalue weighted by atomic mass is 9.97. The molecule has 0 atom stereocenters. The van der Waals surface area contributed by atoms with Gasteiger partial charge in [-0.1, -0.05) is 30.0 Å². The number of sulfonamides is 1. The minimum Gasteiger partial charge on any atom is -0.300 e. The normalized spacial score (nSPS) is 17.8. The molecule has 21 heavy (non-hydrogen) atoms. The fraction of sp³-hybridized carbons (Fsp3) is 0.727. The van der Waals surface area contributed by atoms with E-state index in [-0.39, 0.29) is 11.8 Å². The number of hydrogen-bond donors (Lipinski definition) is 1. The van der Waals surface area contributed by atoms with Crippen molar-refractivity contribution in [3.8, 4) is 0 Å². The van der Waals surface area contributed by atoms with E-state index in [1.165, 1.54) is 21.9 Å². The van der Waals surface area contributed by atoms with E-state index in [1.807, 2.05) is 6.92 Å². The minimum atomic E-state index is -3.16. The number of hydrogen-bond acceptors (Lipinski definition) is 7. The number of aromatic nitrogens is 2. The Morgan fingerprint density at radius 1 is 1.43 bits per heavy atom. The molecule has 0 saturated carbocycles. The van der Waals surface area contributed by atoms with Crippen LogP contribution in [-0.4, -0.2) is 53.9 Å². The maximum Gasteiger partial charge on any atom is 0.229 e. The third kappa shape index (κ3) is 4.63. The van der Waals surface area contributed by atoms with Crippen LogP contribution in [0.2, 0.25) is 0 Å². The van der Waals surface area contributed by atoms with Crippen molar-refractivity contribution in [2.45, 2.75) is 24.1 Å². The smallest absolute Gasteiger partial charge is 0.229 e. The minimum absolute atomic E-state index is 0.104. The van der Waals surface area contributed by atoms with Gasteiger partial charge in [-0.3, -0.25) is 4.79 Å². The second-order valence-electron chi connectivity index (χ2n) is 4.73. The summed E-state index contributed by atoms with van der Waals surface area (Å²) in [5.41, 5.74) is 0. The summed E-state index contributed by atoms with van der Waals surface area (Å²) in [6.07, 6.45) is 2.27. The van der Waals surface area contributed by atoms with Crippen molar-refractivity contribution in [2.24, 2.45) is 5.92 Å². The lowest BCUT2D eigenvalue weighted by Gasteiger charge is -2.29. The van der Waals surface area contributed by atoms with Crippen LogP contribution in [0.25, 0.3) is 0 Å². The van der Waals surface area contributed by atoms with Crippen molar-refractivity contribution < 1.29 is 13.2 Å². The highest BCUT2D eigenvalue weighted by Gasteiger charge is 2.29. The molecule has 0 spiro atoms. The molecule has 118 valence electrons. The van der Waals surface area contributed by atoms with Crippen molar-refractivity contribution in [3.63, 3.8) is 0 Å². The lowest BCUT2D eigenvalue weighted by Crippen LogP contribution is -2.40. The number of amides is 1. The average Bonchev–Trinajstić information content (AvgIpc) is 2.86. The molecule has 2 rings (SSSR count). The van der Waals surface area contributed by atoms with Crippen molar-refractivity contribution >= 4 is 44.2 Å². The van der Waals surface area contributed by atoms with Crippen LogP contribution in [0.4, 0.5) is 5.13 Å². The second kappa shape index (κ2) is 7.03. The Balaban J connectivity index is 1.87. The molecule has 1 aliphatic rings. The van der Waals surface area contributed by atoms with Crippen LogP contribution in [0.5, 0.6) is 0 Å². The highest BCUT2D eigenvalue weighted by molar-refractivity contribution is 8.01. The van der Waals surface area contributed by atoms with Crippen molar-refractivity contribution in [1.29, 1.82) is 0 Å². The van der Waals surface area contributed by atoms with Gasteiger partial charge in [0.05, 0.1) is 6.26 Å². The molecule has 1 fully saturated rings. The van der Waals surface area contributed by atoms with E-state index >= 15 is 0 Å². The van der Waals surface area contributed by atoms with Crippen molar-refractivity contribution in [3.05, 3.63) is 0 Å². The molecule has 1 amide bonds. The van der Waals surface area contributed by atoms with Gasteiger partial charge in [0, 0.05) is 19.0 Å². The Morgan fingerprint density at radius 2 is 2.10 bits per heavy atom. The van der Waals surface area contributed by atoms with E-state index in [2.05, 4.69) is 15.5 Å². The summed E-state index contributed by atoms with van der Waals surface area (Å²) >= 11 is 2.94. The van der Waals surface area contributed by atoms with E-state index in [9.17, 15) is 13.2 Å². The van der Waals surface area contributed by atoms with E-state index < -0.39 is 10.0 Å². The summed E-state index contributed by atoms with van der Waals surface area (Å²) in [4.78, 5) is 12.1. The zero-order chi connectivity index (χ0) is 15.5. The number of thioether (sulfide) groups is 1. The third-order valence-corrected chi connectivity index (χ3v) is 6.36. The Hall–Kier alpha value is -0.710. The van der Waals surface area contributed by atoms with E-state index in [0.29, 0.717) is 31.1 Å². The van der Waals surface area contributed by atoms with Crippen molar-refractivity contribution in [1.82, 2.24) is 14.5 Å². The maximum atomic E-state index is 12.1. The highest BCUT2D eigenvalue weighted by atomic mass is 32.2. The molecule has 1 aromatic rings. The molecule has 0 aliphatic carbocycles. The first-order valence-electron chi connectivity index (χ1n) is 6.62. The largest absolute Gasteiger partial charge is 0.300 e. The van der Waals surface area contributed by atoms with Crippen LogP contribution in [0.15, 0.2) is 4.34 Å². The maximum absolute atomic E-state index is 12.1. The average molecular weight is 350 g/mol. The first-order valence-corrected chi connectivity index (χ1v) is 10.3. The molecular formula is C11H18N4O3S3. The van der Waals surface area contributed by atoms with Crippen LogP contribution in [0.3, 0.4) is 0 Å². The van der Waals surface area contributed by atoms with E-state index in [0.717, 1.165) is 10.1 Å². The van der Waals surface area contributed by atoms with Crippen molar-refractivity contribution in [2.75, 3.05) is 30.4 Å². The molecule has 1 saturated heterocycles. The van der Waals surface area contributed by atoms with Gasteiger partial charge in [-0.05, 0) is 18.6 Å². The molecule has 1 N–H and O–H groups in total. The molecule has 1 aliphatic heterocycles. The summed E-state index contributed by atoms with van der Waals surface area (Å²) in [6, 6.07) is 0. The molecule has 0 aromatic carbocycles. The first kappa shape index (κ1) is 16.7. The lowest BCUT2D eigenvalue weighted by molar-refractivity contribution is -0.120. The Kier molecular flexibility index (Phi) is 5.58.